The first-order chi connectivity index (χ1) is 12.3. The van der Waals surface area contributed by atoms with Gasteiger partial charge in [-0.3, -0.25) is 9.59 Å². The molecule has 0 aliphatic rings. The molecular weight excluding hydrogens is 328 g/mol. The van der Waals surface area contributed by atoms with E-state index in [4.69, 9.17) is 4.74 Å². The summed E-state index contributed by atoms with van der Waals surface area (Å²) < 4.78 is 5.75. The summed E-state index contributed by atoms with van der Waals surface area (Å²) in [5.41, 5.74) is 3.07. The Hall–Kier alpha value is -2.82. The first-order valence-corrected chi connectivity index (χ1v) is 8.63. The van der Waals surface area contributed by atoms with Crippen molar-refractivity contribution in [2.45, 2.75) is 26.7 Å². The van der Waals surface area contributed by atoms with E-state index in [1.54, 1.807) is 38.4 Å². The fourth-order valence-corrected chi connectivity index (χ4v) is 2.59. The zero-order valence-electron chi connectivity index (χ0n) is 16.0. The van der Waals surface area contributed by atoms with Crippen molar-refractivity contribution in [2.24, 2.45) is 0 Å². The number of aryl methyl sites for hydroxylation is 1. The van der Waals surface area contributed by atoms with Crippen LogP contribution in [0, 0.1) is 6.92 Å². The molecule has 0 aliphatic carbocycles. The summed E-state index contributed by atoms with van der Waals surface area (Å²) >= 11 is 0. The molecule has 0 saturated carbocycles. The second kappa shape index (κ2) is 8.52. The molecular formula is C21H26N2O3. The number of benzene rings is 2. The normalized spacial score (nSPS) is 10.5. The topological polar surface area (TPSA) is 58.6 Å². The van der Waals surface area contributed by atoms with Gasteiger partial charge in [0.15, 0.2) is 6.61 Å². The number of hydrogen-bond donors (Lipinski definition) is 1. The maximum absolute atomic E-state index is 12.3. The monoisotopic (exact) mass is 354 g/mol. The number of carbonyl (C=O) groups excluding carboxylic acids is 2. The number of rotatable bonds is 6. The zero-order chi connectivity index (χ0) is 19.3. The van der Waals surface area contributed by atoms with Gasteiger partial charge in [0.25, 0.3) is 11.8 Å². The Kier molecular flexibility index (Phi) is 6.39. The fraction of sp³-hybridized carbons (Fsp3) is 0.333. The molecule has 0 atom stereocenters. The molecule has 0 radical (unpaired) electrons. The molecule has 2 rings (SSSR count). The van der Waals surface area contributed by atoms with Crippen molar-refractivity contribution in [3.63, 3.8) is 0 Å². The zero-order valence-corrected chi connectivity index (χ0v) is 16.0. The summed E-state index contributed by atoms with van der Waals surface area (Å²) in [5.74, 6) is 0.544. The second-order valence-electron chi connectivity index (χ2n) is 6.78. The average Bonchev–Trinajstić information content (AvgIpc) is 2.59. The number of anilines is 1. The molecule has 0 bridgehead atoms. The van der Waals surface area contributed by atoms with Gasteiger partial charge < -0.3 is 15.0 Å². The van der Waals surface area contributed by atoms with Crippen molar-refractivity contribution in [1.29, 1.82) is 0 Å². The van der Waals surface area contributed by atoms with E-state index in [0.29, 0.717) is 22.9 Å². The number of hydrogen-bond acceptors (Lipinski definition) is 3. The molecule has 0 heterocycles. The Morgan fingerprint density at radius 3 is 2.46 bits per heavy atom. The molecule has 2 amide bonds. The van der Waals surface area contributed by atoms with Crippen LogP contribution in [0.3, 0.4) is 0 Å². The van der Waals surface area contributed by atoms with Crippen LogP contribution in [0.4, 0.5) is 5.69 Å². The molecule has 1 N–H and O–H groups in total. The van der Waals surface area contributed by atoms with E-state index in [0.717, 1.165) is 11.1 Å². The minimum atomic E-state index is -0.305. The molecule has 138 valence electrons. The van der Waals surface area contributed by atoms with Gasteiger partial charge in [0, 0.05) is 14.1 Å². The quantitative estimate of drug-likeness (QED) is 0.857. The van der Waals surface area contributed by atoms with Crippen molar-refractivity contribution in [1.82, 2.24) is 4.90 Å². The summed E-state index contributed by atoms with van der Waals surface area (Å²) in [7, 11) is 3.35. The van der Waals surface area contributed by atoms with Crippen molar-refractivity contribution in [3.8, 4) is 5.75 Å². The fourth-order valence-electron chi connectivity index (χ4n) is 2.59. The van der Waals surface area contributed by atoms with E-state index < -0.39 is 0 Å². The van der Waals surface area contributed by atoms with Gasteiger partial charge in [-0.25, -0.2) is 0 Å². The molecule has 0 saturated heterocycles. The number of nitrogens with zero attached hydrogens (tertiary/aromatic N) is 1. The van der Waals surface area contributed by atoms with Crippen LogP contribution in [0.2, 0.25) is 0 Å². The number of nitrogens with one attached hydrogen (secondary N) is 1. The Morgan fingerprint density at radius 1 is 1.12 bits per heavy atom. The van der Waals surface area contributed by atoms with Crippen LogP contribution < -0.4 is 10.1 Å². The van der Waals surface area contributed by atoms with Crippen molar-refractivity contribution < 1.29 is 14.3 Å². The van der Waals surface area contributed by atoms with Crippen LogP contribution in [0.15, 0.2) is 42.5 Å². The molecule has 2 aromatic carbocycles. The summed E-state index contributed by atoms with van der Waals surface area (Å²) in [5, 5.41) is 2.77. The third-order valence-corrected chi connectivity index (χ3v) is 3.99. The van der Waals surface area contributed by atoms with Crippen LogP contribution in [0.1, 0.15) is 41.3 Å². The third-order valence-electron chi connectivity index (χ3n) is 3.99. The molecule has 0 aromatic heterocycles. The minimum Gasteiger partial charge on any atom is -0.483 e. The van der Waals surface area contributed by atoms with Crippen LogP contribution >= 0.6 is 0 Å². The van der Waals surface area contributed by atoms with Gasteiger partial charge in [-0.1, -0.05) is 38.1 Å². The first-order valence-electron chi connectivity index (χ1n) is 8.63. The van der Waals surface area contributed by atoms with E-state index in [2.05, 4.69) is 19.2 Å². The van der Waals surface area contributed by atoms with Gasteiger partial charge >= 0.3 is 0 Å². The van der Waals surface area contributed by atoms with E-state index in [9.17, 15) is 9.59 Å². The van der Waals surface area contributed by atoms with Crippen LogP contribution in [-0.4, -0.2) is 37.4 Å². The molecule has 0 fully saturated rings. The first kappa shape index (κ1) is 19.5. The highest BCUT2D eigenvalue weighted by molar-refractivity contribution is 6.03. The molecule has 26 heavy (non-hydrogen) atoms. The highest BCUT2D eigenvalue weighted by Gasteiger charge is 2.15. The predicted molar refractivity (Wildman–Crippen MR) is 104 cm³/mol. The molecule has 2 aromatic rings. The lowest BCUT2D eigenvalue weighted by Gasteiger charge is -2.16. The smallest absolute Gasteiger partial charge is 0.262 e. The molecule has 0 unspecified atom stereocenters. The Balaban J connectivity index is 2.09. The van der Waals surface area contributed by atoms with E-state index in [1.165, 1.54) is 4.90 Å². The summed E-state index contributed by atoms with van der Waals surface area (Å²) in [4.78, 5) is 26.0. The highest BCUT2D eigenvalue weighted by Crippen LogP contribution is 2.27. The largest absolute Gasteiger partial charge is 0.483 e. The Labute approximate surface area is 155 Å². The van der Waals surface area contributed by atoms with E-state index in [1.807, 2.05) is 25.1 Å². The molecule has 5 heteroatoms. The van der Waals surface area contributed by atoms with Gasteiger partial charge in [0.2, 0.25) is 0 Å². The highest BCUT2D eigenvalue weighted by atomic mass is 16.5. The summed E-state index contributed by atoms with van der Waals surface area (Å²) in [6.45, 7) is 6.04. The van der Waals surface area contributed by atoms with Crippen molar-refractivity contribution >= 4 is 17.5 Å². The lowest BCUT2D eigenvalue weighted by Crippen LogP contribution is -2.25. The van der Waals surface area contributed by atoms with Gasteiger partial charge in [-0.15, -0.1) is 0 Å². The average molecular weight is 354 g/mol. The summed E-state index contributed by atoms with van der Waals surface area (Å²) in [6, 6.07) is 12.9. The van der Waals surface area contributed by atoms with Gasteiger partial charge in [0.05, 0.1) is 11.3 Å². The third kappa shape index (κ3) is 4.85. The lowest BCUT2D eigenvalue weighted by atomic mass is 10.0. The number of para-hydroxylation sites is 1. The van der Waals surface area contributed by atoms with Crippen molar-refractivity contribution in [2.75, 3.05) is 26.0 Å². The minimum absolute atomic E-state index is 0.117. The number of carbonyl (C=O) groups is 2. The van der Waals surface area contributed by atoms with Gasteiger partial charge in [0.1, 0.15) is 5.75 Å². The molecule has 0 spiro atoms. The standard InChI is InChI=1S/C21H26N2O3/c1-14(2)16-11-10-15(3)12-19(16)26-13-20(24)22-18-9-7-6-8-17(18)21(25)23(4)5/h6-12,14H,13H2,1-5H3,(H,22,24). The Bertz CT molecular complexity index is 798. The second-order valence-corrected chi connectivity index (χ2v) is 6.78. The lowest BCUT2D eigenvalue weighted by molar-refractivity contribution is -0.118. The number of ether oxygens (including phenoxy) is 1. The number of amides is 2. The van der Waals surface area contributed by atoms with Crippen molar-refractivity contribution in [3.05, 3.63) is 59.2 Å². The maximum atomic E-state index is 12.3. The van der Waals surface area contributed by atoms with Gasteiger partial charge in [-0.2, -0.15) is 0 Å². The van der Waals surface area contributed by atoms with E-state index >= 15 is 0 Å². The SMILES string of the molecule is Cc1ccc(C(C)C)c(OCC(=O)Nc2ccccc2C(=O)N(C)C)c1. The van der Waals surface area contributed by atoms with Crippen LogP contribution in [0.5, 0.6) is 5.75 Å². The van der Waals surface area contributed by atoms with Crippen LogP contribution in [0.25, 0.3) is 0 Å². The summed E-state index contributed by atoms with van der Waals surface area (Å²) in [6.07, 6.45) is 0. The predicted octanol–water partition coefficient (Wildman–Crippen LogP) is 3.84. The van der Waals surface area contributed by atoms with Gasteiger partial charge in [-0.05, 0) is 42.2 Å². The van der Waals surface area contributed by atoms with Crippen LogP contribution in [-0.2, 0) is 4.79 Å². The van der Waals surface area contributed by atoms with E-state index in [-0.39, 0.29) is 18.4 Å². The molecule has 5 nitrogen and oxygen atoms in total. The molecule has 0 aliphatic heterocycles. The Morgan fingerprint density at radius 2 is 1.81 bits per heavy atom. The maximum Gasteiger partial charge on any atom is 0.262 e.